The molecule has 6 heteroatoms. The summed E-state index contributed by atoms with van der Waals surface area (Å²) in [6, 6.07) is 16.6. The van der Waals surface area contributed by atoms with Crippen LogP contribution in [-0.2, 0) is 4.79 Å². The van der Waals surface area contributed by atoms with Crippen molar-refractivity contribution in [2.24, 2.45) is 0 Å². The van der Waals surface area contributed by atoms with Crippen LogP contribution in [0.5, 0.6) is 0 Å². The van der Waals surface area contributed by atoms with Gasteiger partial charge in [-0.15, -0.1) is 11.8 Å². The van der Waals surface area contributed by atoms with Crippen molar-refractivity contribution >= 4 is 40.2 Å². The summed E-state index contributed by atoms with van der Waals surface area (Å²) in [5, 5.41) is 3.87. The molecule has 3 aromatic rings. The number of nitrogens with one attached hydrogen (secondary N) is 1. The number of benzene rings is 2. The molecule has 26 heavy (non-hydrogen) atoms. The molecule has 1 aromatic heterocycles. The molecule has 5 rings (SSSR count). The van der Waals surface area contributed by atoms with Gasteiger partial charge in [-0.1, -0.05) is 24.3 Å². The number of nitrogens with zero attached hydrogens (tertiary/aromatic N) is 2. The summed E-state index contributed by atoms with van der Waals surface area (Å²) in [5.74, 6) is 0.397. The van der Waals surface area contributed by atoms with Gasteiger partial charge in [-0.2, -0.15) is 0 Å². The van der Waals surface area contributed by atoms with E-state index in [9.17, 15) is 9.59 Å². The molecule has 2 aromatic carbocycles. The molecule has 2 atom stereocenters. The highest BCUT2D eigenvalue weighted by Crippen LogP contribution is 2.48. The fourth-order valence-corrected chi connectivity index (χ4v) is 5.09. The number of aromatic nitrogens is 1. The lowest BCUT2D eigenvalue weighted by Gasteiger charge is -2.22. The average Bonchev–Trinajstić information content (AvgIpc) is 3.22. The molecule has 1 N–H and O–H groups in total. The van der Waals surface area contributed by atoms with Gasteiger partial charge in [-0.05, 0) is 35.9 Å². The van der Waals surface area contributed by atoms with E-state index in [1.165, 1.54) is 0 Å². The second kappa shape index (κ2) is 5.85. The summed E-state index contributed by atoms with van der Waals surface area (Å²) in [5.41, 5.74) is 3.31. The van der Waals surface area contributed by atoms with Crippen LogP contribution < -0.4 is 5.32 Å². The number of anilines is 1. The molecule has 0 unspecified atom stereocenters. The van der Waals surface area contributed by atoms with Crippen molar-refractivity contribution < 1.29 is 9.59 Å². The van der Waals surface area contributed by atoms with Gasteiger partial charge in [-0.25, -0.2) is 0 Å². The largest absolute Gasteiger partial charge is 0.324 e. The van der Waals surface area contributed by atoms with E-state index in [0.717, 1.165) is 16.5 Å². The van der Waals surface area contributed by atoms with E-state index in [-0.39, 0.29) is 17.2 Å². The topological polar surface area (TPSA) is 62.3 Å². The first-order chi connectivity index (χ1) is 12.7. The molecule has 2 amide bonds. The number of fused-ring (bicyclic) bond motifs is 4. The minimum absolute atomic E-state index is 0.0570. The summed E-state index contributed by atoms with van der Waals surface area (Å²) in [6.07, 6.45) is 1.74. The summed E-state index contributed by atoms with van der Waals surface area (Å²) in [7, 11) is 0. The van der Waals surface area contributed by atoms with Gasteiger partial charge in [-0.3, -0.25) is 14.6 Å². The monoisotopic (exact) mass is 361 g/mol. The number of hydrogen-bond acceptors (Lipinski definition) is 4. The minimum Gasteiger partial charge on any atom is -0.324 e. The zero-order chi connectivity index (χ0) is 17.7. The Hall–Kier alpha value is -2.86. The third kappa shape index (κ3) is 2.29. The van der Waals surface area contributed by atoms with Gasteiger partial charge >= 0.3 is 0 Å². The van der Waals surface area contributed by atoms with Crippen LogP contribution in [0.2, 0.25) is 0 Å². The molecule has 0 spiro atoms. The highest BCUT2D eigenvalue weighted by Gasteiger charge is 2.48. The fourth-order valence-electron chi connectivity index (χ4n) is 3.62. The van der Waals surface area contributed by atoms with Crippen LogP contribution in [0.25, 0.3) is 10.9 Å². The highest BCUT2D eigenvalue weighted by molar-refractivity contribution is 7.99. The van der Waals surface area contributed by atoms with Crippen LogP contribution in [0.15, 0.2) is 60.8 Å². The Morgan fingerprint density at radius 3 is 2.96 bits per heavy atom. The van der Waals surface area contributed by atoms with Crippen molar-refractivity contribution in [3.63, 3.8) is 0 Å². The number of carbonyl (C=O) groups is 2. The lowest BCUT2D eigenvalue weighted by atomic mass is 10.1. The minimum atomic E-state index is -0.463. The molecule has 0 bridgehead atoms. The third-order valence-electron chi connectivity index (χ3n) is 4.87. The Bertz CT molecular complexity index is 1050. The SMILES string of the molecule is O=C(Nc1ccc2ncccc2c1)[C@@H]1CS[C@H]2c3ccccc3C(=O)N12. The first kappa shape index (κ1) is 15.4. The second-order valence-electron chi connectivity index (χ2n) is 6.40. The number of rotatable bonds is 2. The van der Waals surface area contributed by atoms with E-state index in [4.69, 9.17) is 0 Å². The maximum absolute atomic E-state index is 12.9. The molecular formula is C20H15N3O2S. The average molecular weight is 361 g/mol. The van der Waals surface area contributed by atoms with Gasteiger partial charge in [0.15, 0.2) is 0 Å². The lowest BCUT2D eigenvalue weighted by Crippen LogP contribution is -2.42. The van der Waals surface area contributed by atoms with Crippen molar-refractivity contribution in [3.8, 4) is 0 Å². The summed E-state index contributed by atoms with van der Waals surface area (Å²) in [6.45, 7) is 0. The number of hydrogen-bond donors (Lipinski definition) is 1. The first-order valence-corrected chi connectivity index (χ1v) is 9.46. The lowest BCUT2D eigenvalue weighted by molar-refractivity contribution is -0.119. The number of amides is 2. The van der Waals surface area contributed by atoms with Gasteiger partial charge in [0.25, 0.3) is 5.91 Å². The molecule has 1 saturated heterocycles. The quantitative estimate of drug-likeness (QED) is 0.759. The summed E-state index contributed by atoms with van der Waals surface area (Å²) in [4.78, 5) is 31.6. The molecule has 5 nitrogen and oxygen atoms in total. The van der Waals surface area contributed by atoms with E-state index in [0.29, 0.717) is 17.0 Å². The Kier molecular flexibility index (Phi) is 3.46. The van der Waals surface area contributed by atoms with E-state index in [1.807, 2.05) is 54.6 Å². The van der Waals surface area contributed by atoms with E-state index >= 15 is 0 Å². The van der Waals surface area contributed by atoms with Crippen molar-refractivity contribution in [2.45, 2.75) is 11.4 Å². The van der Waals surface area contributed by atoms with Crippen LogP contribution in [0, 0.1) is 0 Å². The predicted molar refractivity (Wildman–Crippen MR) is 102 cm³/mol. The molecular weight excluding hydrogens is 346 g/mol. The van der Waals surface area contributed by atoms with Crippen molar-refractivity contribution in [2.75, 3.05) is 11.1 Å². The number of thioether (sulfide) groups is 1. The normalized spacial score (nSPS) is 20.9. The third-order valence-corrected chi connectivity index (χ3v) is 6.17. The smallest absolute Gasteiger partial charge is 0.256 e. The second-order valence-corrected chi connectivity index (χ2v) is 7.51. The molecule has 2 aliphatic heterocycles. The Labute approximate surface area is 154 Å². The zero-order valence-corrected chi connectivity index (χ0v) is 14.6. The van der Waals surface area contributed by atoms with Crippen molar-refractivity contribution in [1.82, 2.24) is 9.88 Å². The van der Waals surface area contributed by atoms with Crippen LogP contribution >= 0.6 is 11.8 Å². The van der Waals surface area contributed by atoms with Crippen LogP contribution in [0.4, 0.5) is 5.69 Å². The molecule has 0 radical (unpaired) electrons. The standard InChI is InChI=1S/C20H15N3O2S/c24-18(22-13-7-8-16-12(10-13)4-3-9-21-16)17-11-26-20-15-6-2-1-5-14(15)19(25)23(17)20/h1-10,17,20H,11H2,(H,22,24)/t17-,20-/m0/s1. The zero-order valence-electron chi connectivity index (χ0n) is 13.8. The van der Waals surface area contributed by atoms with Crippen LogP contribution in [0.1, 0.15) is 21.3 Å². The Morgan fingerprint density at radius 2 is 2.04 bits per heavy atom. The maximum atomic E-state index is 12.9. The van der Waals surface area contributed by atoms with Gasteiger partial charge in [0.05, 0.1) is 5.52 Å². The molecule has 0 saturated carbocycles. The molecule has 3 heterocycles. The van der Waals surface area contributed by atoms with Crippen molar-refractivity contribution in [1.29, 1.82) is 0 Å². The first-order valence-electron chi connectivity index (χ1n) is 8.41. The molecule has 1 fully saturated rings. The highest BCUT2D eigenvalue weighted by atomic mass is 32.2. The van der Waals surface area contributed by atoms with Gasteiger partial charge in [0.1, 0.15) is 11.4 Å². The predicted octanol–water partition coefficient (Wildman–Crippen LogP) is 3.44. The Morgan fingerprint density at radius 1 is 1.15 bits per heavy atom. The van der Waals surface area contributed by atoms with E-state index < -0.39 is 6.04 Å². The van der Waals surface area contributed by atoms with Crippen molar-refractivity contribution in [3.05, 3.63) is 71.9 Å². The van der Waals surface area contributed by atoms with Crippen LogP contribution in [-0.4, -0.2) is 33.5 Å². The van der Waals surface area contributed by atoms with Gasteiger partial charge in [0.2, 0.25) is 5.91 Å². The number of pyridine rings is 1. The maximum Gasteiger partial charge on any atom is 0.256 e. The summed E-state index contributed by atoms with van der Waals surface area (Å²) < 4.78 is 0. The van der Waals surface area contributed by atoms with Gasteiger partial charge in [0, 0.05) is 28.6 Å². The Balaban J connectivity index is 1.40. The van der Waals surface area contributed by atoms with Gasteiger partial charge < -0.3 is 10.2 Å². The fraction of sp³-hybridized carbons (Fsp3) is 0.150. The van der Waals surface area contributed by atoms with E-state index in [1.54, 1.807) is 22.9 Å². The molecule has 128 valence electrons. The molecule has 0 aliphatic carbocycles. The van der Waals surface area contributed by atoms with E-state index in [2.05, 4.69) is 10.3 Å². The summed E-state index contributed by atoms with van der Waals surface area (Å²) >= 11 is 1.64. The molecule has 2 aliphatic rings. The van der Waals surface area contributed by atoms with Crippen LogP contribution in [0.3, 0.4) is 0 Å². The number of carbonyl (C=O) groups excluding carboxylic acids is 2.